The fraction of sp³-hybridized carbons (Fsp3) is 0.429. The molecule has 0 saturated heterocycles. The number of oxime groups is 1. The Bertz CT molecular complexity index is 583. The van der Waals surface area contributed by atoms with Crippen molar-refractivity contribution in [2.24, 2.45) is 22.2 Å². The van der Waals surface area contributed by atoms with Gasteiger partial charge >= 0.3 is 0 Å². The molecule has 0 radical (unpaired) electrons. The first kappa shape index (κ1) is 15.6. The Hall–Kier alpha value is -1.76. The van der Waals surface area contributed by atoms with Crippen molar-refractivity contribution < 1.29 is 14.7 Å². The molecule has 1 amide bonds. The predicted octanol–water partition coefficient (Wildman–Crippen LogP) is 2.56. The van der Waals surface area contributed by atoms with Crippen molar-refractivity contribution in [2.45, 2.75) is 19.8 Å². The minimum Gasteiger partial charge on any atom is -0.496 e. The minimum absolute atomic E-state index is 0.0364. The zero-order chi connectivity index (χ0) is 15.6. The van der Waals surface area contributed by atoms with Gasteiger partial charge in [-0.1, -0.05) is 12.1 Å². The van der Waals surface area contributed by atoms with Crippen molar-refractivity contribution in [1.82, 2.24) is 0 Å². The third-order valence-corrected chi connectivity index (χ3v) is 4.46. The lowest BCUT2D eigenvalue weighted by Crippen LogP contribution is -2.54. The summed E-state index contributed by atoms with van der Waals surface area (Å²) in [6.45, 7) is 2.03. The number of nitrogens with two attached hydrogens (primary N) is 1. The van der Waals surface area contributed by atoms with Crippen LogP contribution in [0.15, 0.2) is 27.8 Å². The number of anilines is 1. The SMILES string of the molecule is COc1ccc(NC(=O)C2(/C(N)=N/O)CC(C)C2)cc1Br. The molecule has 6 nitrogen and oxygen atoms in total. The van der Waals surface area contributed by atoms with Crippen LogP contribution >= 0.6 is 15.9 Å². The maximum Gasteiger partial charge on any atom is 0.238 e. The number of nitrogens with zero attached hydrogens (tertiary/aromatic N) is 1. The number of carbonyl (C=O) groups excluding carboxylic acids is 1. The fourth-order valence-corrected chi connectivity index (χ4v) is 3.27. The second-order valence-corrected chi connectivity index (χ2v) is 6.24. The summed E-state index contributed by atoms with van der Waals surface area (Å²) in [5, 5.41) is 14.8. The predicted molar refractivity (Wildman–Crippen MR) is 83.6 cm³/mol. The smallest absolute Gasteiger partial charge is 0.238 e. The number of halogens is 1. The molecule has 1 fully saturated rings. The van der Waals surface area contributed by atoms with E-state index in [1.165, 1.54) is 0 Å². The highest BCUT2D eigenvalue weighted by Gasteiger charge is 2.52. The summed E-state index contributed by atoms with van der Waals surface area (Å²) in [6.07, 6.45) is 1.15. The van der Waals surface area contributed by atoms with Crippen molar-refractivity contribution in [3.63, 3.8) is 0 Å². The van der Waals surface area contributed by atoms with Gasteiger partial charge in [-0.2, -0.15) is 0 Å². The summed E-state index contributed by atoms with van der Waals surface area (Å²) in [5.41, 5.74) is 5.42. The third-order valence-electron chi connectivity index (χ3n) is 3.84. The van der Waals surface area contributed by atoms with E-state index in [-0.39, 0.29) is 11.7 Å². The van der Waals surface area contributed by atoms with E-state index in [0.717, 1.165) is 4.47 Å². The highest BCUT2D eigenvalue weighted by Crippen LogP contribution is 2.46. The summed E-state index contributed by atoms with van der Waals surface area (Å²) in [7, 11) is 1.57. The summed E-state index contributed by atoms with van der Waals surface area (Å²) < 4.78 is 5.88. The molecule has 0 bridgehead atoms. The van der Waals surface area contributed by atoms with Gasteiger partial charge in [-0.25, -0.2) is 0 Å². The zero-order valence-electron chi connectivity index (χ0n) is 11.9. The Labute approximate surface area is 131 Å². The van der Waals surface area contributed by atoms with E-state index in [0.29, 0.717) is 30.2 Å². The normalized spacial score (nSPS) is 25.1. The number of ether oxygens (including phenoxy) is 1. The van der Waals surface area contributed by atoms with E-state index in [2.05, 4.69) is 26.4 Å². The molecule has 114 valence electrons. The van der Waals surface area contributed by atoms with E-state index >= 15 is 0 Å². The summed E-state index contributed by atoms with van der Waals surface area (Å²) in [6, 6.07) is 5.24. The van der Waals surface area contributed by atoms with Gasteiger partial charge in [0.2, 0.25) is 5.91 Å². The Morgan fingerprint density at radius 2 is 2.24 bits per heavy atom. The molecule has 1 saturated carbocycles. The molecule has 2 rings (SSSR count). The molecular formula is C14H18BrN3O3. The second kappa shape index (κ2) is 5.93. The van der Waals surface area contributed by atoms with Crippen LogP contribution in [0.5, 0.6) is 5.75 Å². The molecule has 0 unspecified atom stereocenters. The van der Waals surface area contributed by atoms with Crippen LogP contribution in [0.2, 0.25) is 0 Å². The highest BCUT2D eigenvalue weighted by molar-refractivity contribution is 9.10. The van der Waals surface area contributed by atoms with E-state index < -0.39 is 5.41 Å². The van der Waals surface area contributed by atoms with Crippen molar-refractivity contribution in [3.8, 4) is 5.75 Å². The first-order valence-electron chi connectivity index (χ1n) is 6.56. The summed E-state index contributed by atoms with van der Waals surface area (Å²) in [5.74, 6) is 0.758. The monoisotopic (exact) mass is 355 g/mol. The van der Waals surface area contributed by atoms with Gasteiger partial charge in [0.05, 0.1) is 11.6 Å². The first-order valence-corrected chi connectivity index (χ1v) is 7.35. The standard InChI is InChI=1S/C14H18BrN3O3/c1-8-6-14(7-8,12(16)18-20)13(19)17-9-3-4-11(21-2)10(15)5-9/h3-5,8,20H,6-7H2,1-2H3,(H2,16,18)(H,17,19). The number of hydrogen-bond donors (Lipinski definition) is 3. The van der Waals surface area contributed by atoms with E-state index in [1.54, 1.807) is 25.3 Å². The van der Waals surface area contributed by atoms with E-state index in [1.807, 2.05) is 6.92 Å². The van der Waals surface area contributed by atoms with Crippen molar-refractivity contribution in [3.05, 3.63) is 22.7 Å². The van der Waals surface area contributed by atoms with Gasteiger partial charge in [-0.15, -0.1) is 0 Å². The van der Waals surface area contributed by atoms with Crippen molar-refractivity contribution >= 4 is 33.4 Å². The fourth-order valence-electron chi connectivity index (χ4n) is 2.73. The van der Waals surface area contributed by atoms with Crippen LogP contribution in [0.1, 0.15) is 19.8 Å². The van der Waals surface area contributed by atoms with Crippen molar-refractivity contribution in [1.29, 1.82) is 0 Å². The third kappa shape index (κ3) is 2.83. The van der Waals surface area contributed by atoms with Gasteiger partial charge in [-0.3, -0.25) is 4.79 Å². The molecule has 7 heteroatoms. The second-order valence-electron chi connectivity index (χ2n) is 5.38. The van der Waals surface area contributed by atoms with Crippen LogP contribution in [-0.4, -0.2) is 24.1 Å². The molecule has 0 heterocycles. The van der Waals surface area contributed by atoms with Gasteiger partial charge in [0.1, 0.15) is 11.2 Å². The lowest BCUT2D eigenvalue weighted by atomic mass is 9.61. The highest BCUT2D eigenvalue weighted by atomic mass is 79.9. The van der Waals surface area contributed by atoms with Gasteiger partial charge < -0.3 is 21.0 Å². The van der Waals surface area contributed by atoms with Crippen LogP contribution in [0.3, 0.4) is 0 Å². The molecule has 21 heavy (non-hydrogen) atoms. The molecule has 0 spiro atoms. The quantitative estimate of drug-likeness (QED) is 0.334. The molecule has 4 N–H and O–H groups in total. The van der Waals surface area contributed by atoms with Crippen LogP contribution in [0.25, 0.3) is 0 Å². The van der Waals surface area contributed by atoms with Crippen LogP contribution in [0, 0.1) is 11.3 Å². The molecule has 1 aromatic rings. The average Bonchev–Trinajstić information content (AvgIpc) is 2.42. The molecule has 1 aliphatic carbocycles. The number of rotatable bonds is 4. The van der Waals surface area contributed by atoms with Crippen LogP contribution in [-0.2, 0) is 4.79 Å². The summed E-state index contributed by atoms with van der Waals surface area (Å²) in [4.78, 5) is 12.5. The molecule has 1 aliphatic rings. The van der Waals surface area contributed by atoms with Crippen LogP contribution < -0.4 is 15.8 Å². The number of hydrogen-bond acceptors (Lipinski definition) is 4. The van der Waals surface area contributed by atoms with Gasteiger partial charge in [0.25, 0.3) is 0 Å². The lowest BCUT2D eigenvalue weighted by molar-refractivity contribution is -0.127. The molecule has 1 aromatic carbocycles. The molecular weight excluding hydrogens is 338 g/mol. The molecule has 0 aromatic heterocycles. The Kier molecular flexibility index (Phi) is 4.41. The number of nitrogens with one attached hydrogen (secondary N) is 1. The first-order chi connectivity index (χ1) is 9.92. The lowest BCUT2D eigenvalue weighted by Gasteiger charge is -2.43. The Morgan fingerprint density at radius 3 is 2.71 bits per heavy atom. The van der Waals surface area contributed by atoms with Crippen molar-refractivity contribution in [2.75, 3.05) is 12.4 Å². The Morgan fingerprint density at radius 1 is 1.57 bits per heavy atom. The Balaban J connectivity index is 2.19. The van der Waals surface area contributed by atoms with E-state index in [9.17, 15) is 4.79 Å². The topological polar surface area (TPSA) is 96.9 Å². The maximum absolute atomic E-state index is 12.5. The average molecular weight is 356 g/mol. The van der Waals surface area contributed by atoms with Gasteiger partial charge in [0.15, 0.2) is 5.84 Å². The number of carbonyl (C=O) groups is 1. The van der Waals surface area contributed by atoms with E-state index in [4.69, 9.17) is 15.7 Å². The maximum atomic E-state index is 12.5. The molecule has 0 atom stereocenters. The number of amidine groups is 1. The zero-order valence-corrected chi connectivity index (χ0v) is 13.5. The van der Waals surface area contributed by atoms with Gasteiger partial charge in [-0.05, 0) is 52.9 Å². The number of methoxy groups -OCH3 is 1. The summed E-state index contributed by atoms with van der Waals surface area (Å²) >= 11 is 3.37. The minimum atomic E-state index is -0.916. The van der Waals surface area contributed by atoms with Crippen LogP contribution in [0.4, 0.5) is 5.69 Å². The number of amides is 1. The largest absolute Gasteiger partial charge is 0.496 e. The van der Waals surface area contributed by atoms with Gasteiger partial charge in [0, 0.05) is 5.69 Å². The molecule has 0 aliphatic heterocycles. The number of benzene rings is 1.